The Hall–Kier alpha value is -0.870. The van der Waals surface area contributed by atoms with E-state index < -0.39 is 0 Å². The maximum atomic E-state index is 12.2. The summed E-state index contributed by atoms with van der Waals surface area (Å²) in [5.74, 6) is 0.452. The number of thioether (sulfide) groups is 1. The van der Waals surface area contributed by atoms with Crippen molar-refractivity contribution >= 4 is 34.1 Å². The number of ether oxygens (including phenoxy) is 1. The van der Waals surface area contributed by atoms with Crippen LogP contribution in [0.5, 0.6) is 0 Å². The lowest BCUT2D eigenvalue weighted by Crippen LogP contribution is -2.06. The average Bonchev–Trinajstić information content (AvgIpc) is 2.83. The van der Waals surface area contributed by atoms with Crippen molar-refractivity contribution in [1.82, 2.24) is 0 Å². The van der Waals surface area contributed by atoms with Crippen LogP contribution >= 0.6 is 24.0 Å². The average molecular weight is 493 g/mol. The van der Waals surface area contributed by atoms with Gasteiger partial charge in [-0.1, -0.05) is 139 Å². The van der Waals surface area contributed by atoms with Crippen molar-refractivity contribution in [2.45, 2.75) is 123 Å². The molecule has 0 aliphatic rings. The topological polar surface area (TPSA) is 26.3 Å². The van der Waals surface area contributed by atoms with E-state index in [2.05, 4.69) is 19.1 Å². The molecule has 0 fully saturated rings. The Morgan fingerprint density at radius 1 is 0.727 bits per heavy atom. The smallest absolute Gasteiger partial charge is 0.220 e. The van der Waals surface area contributed by atoms with Crippen molar-refractivity contribution in [3.8, 4) is 0 Å². The van der Waals surface area contributed by atoms with Crippen LogP contribution in [0.4, 0.5) is 0 Å². The predicted octanol–water partition coefficient (Wildman–Crippen LogP) is 9.73. The van der Waals surface area contributed by atoms with Crippen LogP contribution in [-0.4, -0.2) is 22.5 Å². The Balaban J connectivity index is 1.94. The summed E-state index contributed by atoms with van der Waals surface area (Å²) < 4.78 is 5.66. The van der Waals surface area contributed by atoms with Crippen LogP contribution in [0.15, 0.2) is 24.3 Å². The molecule has 4 heteroatoms. The lowest BCUT2D eigenvalue weighted by Gasteiger charge is -2.06. The first-order chi connectivity index (χ1) is 16.2. The predicted molar refractivity (Wildman–Crippen MR) is 151 cm³/mol. The van der Waals surface area contributed by atoms with Crippen molar-refractivity contribution in [3.63, 3.8) is 0 Å². The third-order valence-corrected chi connectivity index (χ3v) is 7.41. The van der Waals surface area contributed by atoms with Crippen LogP contribution < -0.4 is 0 Å². The molecule has 0 bridgehead atoms. The van der Waals surface area contributed by atoms with Crippen LogP contribution in [0.25, 0.3) is 0 Å². The van der Waals surface area contributed by atoms with Crippen LogP contribution in [0.1, 0.15) is 133 Å². The first-order valence-electron chi connectivity index (χ1n) is 13.6. The van der Waals surface area contributed by atoms with Crippen molar-refractivity contribution in [3.05, 3.63) is 35.4 Å². The summed E-state index contributed by atoms with van der Waals surface area (Å²) in [6.45, 7) is 4.73. The molecule has 0 amide bonds. The van der Waals surface area contributed by atoms with Gasteiger partial charge in [0, 0.05) is 5.56 Å². The molecule has 0 atom stereocenters. The second kappa shape index (κ2) is 21.6. The standard InChI is InChI=1S/C29H48O2S2/c1-3-5-6-7-8-9-10-11-12-13-14-15-16-17-18-19-20-26-21-23-27(24-22-26)28(30)25-33-29(32)31-4-2/h21-24H,3-20,25H2,1-2H3. The largest absolute Gasteiger partial charge is 0.479 e. The zero-order chi connectivity index (χ0) is 24.0. The van der Waals surface area contributed by atoms with Gasteiger partial charge in [-0.05, 0) is 37.5 Å². The van der Waals surface area contributed by atoms with Gasteiger partial charge in [-0.2, -0.15) is 0 Å². The molecular weight excluding hydrogens is 444 g/mol. The molecule has 2 nitrogen and oxygen atoms in total. The quantitative estimate of drug-likeness (QED) is 0.0969. The second-order valence-corrected chi connectivity index (χ2v) is 10.7. The Morgan fingerprint density at radius 2 is 1.18 bits per heavy atom. The number of unbranched alkanes of at least 4 members (excludes halogenated alkanes) is 15. The summed E-state index contributed by atoms with van der Waals surface area (Å²) in [7, 11) is 0. The summed E-state index contributed by atoms with van der Waals surface area (Å²) in [6, 6.07) is 8.11. The van der Waals surface area contributed by atoms with E-state index in [1.807, 2.05) is 19.1 Å². The molecule has 0 unspecified atom stereocenters. The van der Waals surface area contributed by atoms with Gasteiger partial charge in [0.2, 0.25) is 4.38 Å². The van der Waals surface area contributed by atoms with Crippen LogP contribution in [0, 0.1) is 0 Å². The normalized spacial score (nSPS) is 11.0. The highest BCUT2D eigenvalue weighted by Crippen LogP contribution is 2.16. The Morgan fingerprint density at radius 3 is 1.64 bits per heavy atom. The summed E-state index contributed by atoms with van der Waals surface area (Å²) in [5.41, 5.74) is 2.09. The first kappa shape index (κ1) is 30.2. The Kier molecular flexibility index (Phi) is 19.8. The van der Waals surface area contributed by atoms with E-state index >= 15 is 0 Å². The molecule has 0 aliphatic heterocycles. The lowest BCUT2D eigenvalue weighted by molar-refractivity contribution is 0.102. The Labute approximate surface area is 214 Å². The minimum absolute atomic E-state index is 0.107. The maximum Gasteiger partial charge on any atom is 0.220 e. The number of carbonyl (C=O) groups is 1. The summed E-state index contributed by atoms with van der Waals surface area (Å²) in [4.78, 5) is 12.2. The van der Waals surface area contributed by atoms with Crippen LogP contribution in [0.3, 0.4) is 0 Å². The highest BCUT2D eigenvalue weighted by atomic mass is 32.2. The van der Waals surface area contributed by atoms with Gasteiger partial charge in [0.05, 0.1) is 12.4 Å². The maximum absolute atomic E-state index is 12.2. The van der Waals surface area contributed by atoms with Gasteiger partial charge in [0.15, 0.2) is 5.78 Å². The Bertz CT molecular complexity index is 613. The summed E-state index contributed by atoms with van der Waals surface area (Å²) in [5, 5.41) is 0. The molecule has 0 radical (unpaired) electrons. The molecule has 0 N–H and O–H groups in total. The van der Waals surface area contributed by atoms with Crippen LogP contribution in [-0.2, 0) is 11.2 Å². The van der Waals surface area contributed by atoms with Gasteiger partial charge in [0.25, 0.3) is 0 Å². The molecular formula is C29H48O2S2. The van der Waals surface area contributed by atoms with Crippen molar-refractivity contribution in [2.75, 3.05) is 12.4 Å². The molecule has 0 saturated carbocycles. The van der Waals surface area contributed by atoms with Crippen molar-refractivity contribution in [1.29, 1.82) is 0 Å². The molecule has 33 heavy (non-hydrogen) atoms. The minimum atomic E-state index is 0.107. The van der Waals surface area contributed by atoms with Gasteiger partial charge < -0.3 is 4.74 Å². The third-order valence-electron chi connectivity index (χ3n) is 6.18. The number of thiocarbonyl (C=S) groups is 1. The molecule has 0 spiro atoms. The van der Waals surface area contributed by atoms with E-state index in [4.69, 9.17) is 17.0 Å². The molecule has 1 rings (SSSR count). The molecule has 0 saturated heterocycles. The highest BCUT2D eigenvalue weighted by molar-refractivity contribution is 8.23. The van der Waals surface area contributed by atoms with E-state index in [1.54, 1.807) is 0 Å². The molecule has 0 aliphatic carbocycles. The number of benzene rings is 1. The SMILES string of the molecule is CCCCCCCCCCCCCCCCCCc1ccc(C(=O)CSC(=S)OCC)cc1. The van der Waals surface area contributed by atoms with Gasteiger partial charge >= 0.3 is 0 Å². The number of aryl methyl sites for hydroxylation is 1. The van der Waals surface area contributed by atoms with Gasteiger partial charge in [-0.25, -0.2) is 0 Å². The van der Waals surface area contributed by atoms with E-state index in [-0.39, 0.29) is 5.78 Å². The third kappa shape index (κ3) is 17.3. The van der Waals surface area contributed by atoms with E-state index in [0.29, 0.717) is 16.7 Å². The van der Waals surface area contributed by atoms with E-state index in [1.165, 1.54) is 120 Å². The van der Waals surface area contributed by atoms with E-state index in [0.717, 1.165) is 12.0 Å². The lowest BCUT2D eigenvalue weighted by atomic mass is 10.0. The van der Waals surface area contributed by atoms with Crippen LogP contribution in [0.2, 0.25) is 0 Å². The van der Waals surface area contributed by atoms with Gasteiger partial charge in [-0.3, -0.25) is 4.79 Å². The van der Waals surface area contributed by atoms with E-state index in [9.17, 15) is 4.79 Å². The number of hydrogen-bond acceptors (Lipinski definition) is 4. The number of rotatable bonds is 21. The summed E-state index contributed by atoms with van der Waals surface area (Å²) in [6.07, 6.45) is 23.5. The minimum Gasteiger partial charge on any atom is -0.479 e. The molecule has 0 heterocycles. The highest BCUT2D eigenvalue weighted by Gasteiger charge is 2.08. The van der Waals surface area contributed by atoms with Crippen molar-refractivity contribution in [2.24, 2.45) is 0 Å². The number of hydrogen-bond donors (Lipinski definition) is 0. The number of Topliss-reactive ketones (excluding diaryl/α,β-unsaturated/α-hetero) is 1. The molecule has 1 aromatic rings. The second-order valence-electron chi connectivity index (χ2n) is 9.15. The first-order valence-corrected chi connectivity index (χ1v) is 15.0. The molecule has 188 valence electrons. The zero-order valence-electron chi connectivity index (χ0n) is 21.4. The van der Waals surface area contributed by atoms with Crippen molar-refractivity contribution < 1.29 is 9.53 Å². The number of carbonyl (C=O) groups excluding carboxylic acids is 1. The molecule has 1 aromatic carbocycles. The number of ketones is 1. The van der Waals surface area contributed by atoms with Gasteiger partial charge in [-0.15, -0.1) is 0 Å². The zero-order valence-corrected chi connectivity index (χ0v) is 23.0. The fraction of sp³-hybridized carbons (Fsp3) is 0.724. The molecule has 0 aromatic heterocycles. The van der Waals surface area contributed by atoms with Gasteiger partial charge in [0.1, 0.15) is 0 Å². The monoisotopic (exact) mass is 492 g/mol. The fourth-order valence-electron chi connectivity index (χ4n) is 4.10. The summed E-state index contributed by atoms with van der Waals surface area (Å²) >= 11 is 6.36. The fourth-order valence-corrected chi connectivity index (χ4v) is 5.01.